The largest absolute Gasteiger partial charge is 0.383 e. The summed E-state index contributed by atoms with van der Waals surface area (Å²) in [6, 6.07) is 7.93. The lowest BCUT2D eigenvalue weighted by Crippen LogP contribution is -2.19. The number of benzene rings is 2. The molecule has 0 aliphatic heterocycles. The van der Waals surface area contributed by atoms with E-state index in [0.29, 0.717) is 23.4 Å². The molecular formula is C17H13ClN4O6S. The molecule has 0 fully saturated rings. The number of carbonyl (C=O) groups excluding carboxylic acids is 1. The highest BCUT2D eigenvalue weighted by molar-refractivity contribution is 7.16. The van der Waals surface area contributed by atoms with Gasteiger partial charge in [0.05, 0.1) is 26.7 Å². The van der Waals surface area contributed by atoms with Gasteiger partial charge in [-0.1, -0.05) is 22.9 Å². The molecule has 1 heterocycles. The van der Waals surface area contributed by atoms with Crippen molar-refractivity contribution in [3.8, 4) is 0 Å². The van der Waals surface area contributed by atoms with Gasteiger partial charge in [0.15, 0.2) is 4.80 Å². The summed E-state index contributed by atoms with van der Waals surface area (Å²) in [5.74, 6) is -0.841. The zero-order valence-corrected chi connectivity index (χ0v) is 16.5. The maximum absolute atomic E-state index is 12.7. The fourth-order valence-corrected chi connectivity index (χ4v) is 3.90. The number of methoxy groups -OCH3 is 1. The Bertz CT molecular complexity index is 1200. The Morgan fingerprint density at radius 3 is 2.62 bits per heavy atom. The summed E-state index contributed by atoms with van der Waals surface area (Å²) in [6.07, 6.45) is 0. The summed E-state index contributed by atoms with van der Waals surface area (Å²) in [7, 11) is 1.51. The van der Waals surface area contributed by atoms with Gasteiger partial charge in [-0.2, -0.15) is 4.99 Å². The van der Waals surface area contributed by atoms with Crippen molar-refractivity contribution in [1.82, 2.24) is 4.57 Å². The number of nitro groups is 2. The van der Waals surface area contributed by atoms with Gasteiger partial charge in [-0.15, -0.1) is 0 Å². The number of fused-ring (bicyclic) bond motifs is 1. The summed E-state index contributed by atoms with van der Waals surface area (Å²) in [6.45, 7) is 0.638. The maximum atomic E-state index is 12.7. The van der Waals surface area contributed by atoms with E-state index in [1.807, 2.05) is 0 Å². The number of nitro benzene ring substituents is 2. The number of aromatic nitrogens is 1. The van der Waals surface area contributed by atoms with Crippen LogP contribution in [0.5, 0.6) is 0 Å². The average Bonchev–Trinajstić information content (AvgIpc) is 3.01. The van der Waals surface area contributed by atoms with Crippen molar-refractivity contribution in [2.45, 2.75) is 6.54 Å². The number of halogens is 1. The molecule has 1 amide bonds. The first kappa shape index (κ1) is 20.6. The van der Waals surface area contributed by atoms with Crippen molar-refractivity contribution < 1.29 is 19.4 Å². The van der Waals surface area contributed by atoms with Crippen molar-refractivity contribution >= 4 is 50.4 Å². The fraction of sp³-hybridized carbons (Fsp3) is 0.176. The number of nitrogens with zero attached hydrogens (tertiary/aromatic N) is 4. The highest BCUT2D eigenvalue weighted by Crippen LogP contribution is 2.25. The minimum atomic E-state index is -0.841. The Morgan fingerprint density at radius 1 is 1.21 bits per heavy atom. The van der Waals surface area contributed by atoms with Gasteiger partial charge >= 0.3 is 0 Å². The van der Waals surface area contributed by atoms with E-state index in [4.69, 9.17) is 16.3 Å². The van der Waals surface area contributed by atoms with Crippen LogP contribution in [-0.2, 0) is 11.3 Å². The van der Waals surface area contributed by atoms with Gasteiger partial charge in [-0.25, -0.2) is 0 Å². The second-order valence-electron chi connectivity index (χ2n) is 5.77. The third-order valence-corrected chi connectivity index (χ3v) is 5.26. The zero-order valence-electron chi connectivity index (χ0n) is 14.9. The number of rotatable bonds is 6. The van der Waals surface area contributed by atoms with Crippen LogP contribution in [0.15, 0.2) is 41.4 Å². The van der Waals surface area contributed by atoms with Crippen LogP contribution < -0.4 is 4.80 Å². The van der Waals surface area contributed by atoms with Gasteiger partial charge in [-0.3, -0.25) is 25.0 Å². The van der Waals surface area contributed by atoms with Crippen molar-refractivity contribution in [3.05, 3.63) is 72.0 Å². The number of non-ortho nitro benzene ring substituents is 1. The van der Waals surface area contributed by atoms with E-state index in [2.05, 4.69) is 4.99 Å². The van der Waals surface area contributed by atoms with Crippen LogP contribution in [0.2, 0.25) is 5.02 Å². The van der Waals surface area contributed by atoms with Crippen LogP contribution in [0.4, 0.5) is 11.4 Å². The molecule has 12 heteroatoms. The smallest absolute Gasteiger partial charge is 0.286 e. The molecule has 10 nitrogen and oxygen atoms in total. The number of thiazole rings is 1. The molecule has 0 saturated carbocycles. The first-order valence-electron chi connectivity index (χ1n) is 8.11. The summed E-state index contributed by atoms with van der Waals surface area (Å²) < 4.78 is 7.29. The Hall–Kier alpha value is -3.15. The Balaban J connectivity index is 2.18. The van der Waals surface area contributed by atoms with E-state index >= 15 is 0 Å². The predicted molar refractivity (Wildman–Crippen MR) is 106 cm³/mol. The Kier molecular flexibility index (Phi) is 6.01. The maximum Gasteiger partial charge on any atom is 0.286 e. The minimum Gasteiger partial charge on any atom is -0.383 e. The standard InChI is InChI=1S/C17H13ClN4O6S/c1-28-7-6-20-14-5-3-11(21(24)25)9-15(14)29-17(20)19-16(23)12-8-10(18)2-4-13(12)22(26)27/h2-5,8-9H,6-7H2,1H3. The Morgan fingerprint density at radius 2 is 1.97 bits per heavy atom. The van der Waals surface area contributed by atoms with Crippen molar-refractivity contribution in [2.24, 2.45) is 4.99 Å². The van der Waals surface area contributed by atoms with Gasteiger partial charge in [0.25, 0.3) is 17.3 Å². The van der Waals surface area contributed by atoms with E-state index in [-0.39, 0.29) is 21.1 Å². The molecule has 29 heavy (non-hydrogen) atoms. The van der Waals surface area contributed by atoms with Crippen molar-refractivity contribution in [1.29, 1.82) is 0 Å². The molecular weight excluding hydrogens is 424 g/mol. The minimum absolute atomic E-state index is 0.0963. The van der Waals surface area contributed by atoms with E-state index in [1.165, 1.54) is 31.4 Å². The van der Waals surface area contributed by atoms with E-state index < -0.39 is 21.4 Å². The molecule has 3 aromatic rings. The van der Waals surface area contributed by atoms with Crippen LogP contribution in [0.3, 0.4) is 0 Å². The van der Waals surface area contributed by atoms with Crippen LogP contribution >= 0.6 is 22.9 Å². The average molecular weight is 437 g/mol. The van der Waals surface area contributed by atoms with Gasteiger partial charge in [-0.05, 0) is 18.2 Å². The highest BCUT2D eigenvalue weighted by atomic mass is 35.5. The molecule has 0 N–H and O–H groups in total. The molecule has 0 unspecified atom stereocenters. The second-order valence-corrected chi connectivity index (χ2v) is 7.22. The van der Waals surface area contributed by atoms with Crippen molar-refractivity contribution in [2.75, 3.05) is 13.7 Å². The summed E-state index contributed by atoms with van der Waals surface area (Å²) in [5, 5.41) is 22.4. The van der Waals surface area contributed by atoms with Crippen LogP contribution in [0.1, 0.15) is 10.4 Å². The molecule has 0 aliphatic rings. The number of carbonyl (C=O) groups is 1. The summed E-state index contributed by atoms with van der Waals surface area (Å²) in [5.41, 5.74) is -0.127. The van der Waals surface area contributed by atoms with Gasteiger partial charge < -0.3 is 9.30 Å². The van der Waals surface area contributed by atoms with Gasteiger partial charge in [0.1, 0.15) is 5.56 Å². The van der Waals surface area contributed by atoms with E-state index in [0.717, 1.165) is 17.4 Å². The topological polar surface area (TPSA) is 130 Å². The molecule has 0 radical (unpaired) electrons. The molecule has 0 bridgehead atoms. The third-order valence-electron chi connectivity index (χ3n) is 3.98. The Labute approximate surface area is 171 Å². The molecule has 0 spiro atoms. The summed E-state index contributed by atoms with van der Waals surface area (Å²) >= 11 is 6.94. The molecule has 150 valence electrons. The highest BCUT2D eigenvalue weighted by Gasteiger charge is 2.21. The number of amides is 1. The lowest BCUT2D eigenvalue weighted by molar-refractivity contribution is -0.385. The van der Waals surface area contributed by atoms with Crippen LogP contribution in [0, 0.1) is 20.2 Å². The van der Waals surface area contributed by atoms with Crippen LogP contribution in [0.25, 0.3) is 10.2 Å². The predicted octanol–water partition coefficient (Wildman–Crippen LogP) is 3.56. The third kappa shape index (κ3) is 4.31. The van der Waals surface area contributed by atoms with Crippen LogP contribution in [-0.4, -0.2) is 34.0 Å². The number of ether oxygens (including phenoxy) is 1. The molecule has 0 saturated heterocycles. The van der Waals surface area contributed by atoms with E-state index in [9.17, 15) is 25.0 Å². The lowest BCUT2D eigenvalue weighted by Gasteiger charge is -2.04. The molecule has 1 aromatic heterocycles. The first-order chi connectivity index (χ1) is 13.8. The van der Waals surface area contributed by atoms with Crippen molar-refractivity contribution in [3.63, 3.8) is 0 Å². The lowest BCUT2D eigenvalue weighted by atomic mass is 10.2. The second kappa shape index (κ2) is 8.47. The zero-order chi connectivity index (χ0) is 21.1. The summed E-state index contributed by atoms with van der Waals surface area (Å²) in [4.78, 5) is 38.0. The fourth-order valence-electron chi connectivity index (χ4n) is 2.65. The number of hydrogen-bond acceptors (Lipinski definition) is 7. The normalized spacial score (nSPS) is 11.7. The molecule has 0 atom stereocenters. The van der Waals surface area contributed by atoms with Gasteiger partial charge in [0, 0.05) is 36.9 Å². The molecule has 3 rings (SSSR count). The molecule has 2 aromatic carbocycles. The monoisotopic (exact) mass is 436 g/mol. The SMILES string of the molecule is COCCn1c(=NC(=O)c2cc(Cl)ccc2[N+](=O)[O-])sc2cc([N+](=O)[O-])ccc21. The quantitative estimate of drug-likeness (QED) is 0.429. The van der Waals surface area contributed by atoms with Gasteiger partial charge in [0.2, 0.25) is 0 Å². The number of hydrogen-bond donors (Lipinski definition) is 0. The molecule has 0 aliphatic carbocycles. The van der Waals surface area contributed by atoms with E-state index in [1.54, 1.807) is 10.6 Å². The first-order valence-corrected chi connectivity index (χ1v) is 9.31.